The number of alkyl halides is 3. The molecule has 2 aromatic rings. The van der Waals surface area contributed by atoms with Crippen molar-refractivity contribution in [2.45, 2.75) is 39.6 Å². The molecular formula is C24H30ClF3N2O2. The third kappa shape index (κ3) is 7.57. The molecule has 0 aromatic heterocycles. The molecule has 0 radical (unpaired) electrons. The molecule has 1 unspecified atom stereocenters. The van der Waals surface area contributed by atoms with E-state index in [4.69, 9.17) is 21.1 Å². The summed E-state index contributed by atoms with van der Waals surface area (Å²) >= 11 is 5.77. The molecule has 1 atom stereocenters. The first kappa shape index (κ1) is 24.7. The maximum absolute atomic E-state index is 13.4. The first-order valence-electron chi connectivity index (χ1n) is 10.9. The molecule has 176 valence electrons. The van der Waals surface area contributed by atoms with Gasteiger partial charge in [0.2, 0.25) is 0 Å². The molecule has 0 bridgehead atoms. The van der Waals surface area contributed by atoms with Crippen molar-refractivity contribution in [3.05, 3.63) is 58.1 Å². The Morgan fingerprint density at radius 2 is 1.88 bits per heavy atom. The van der Waals surface area contributed by atoms with E-state index < -0.39 is 11.7 Å². The van der Waals surface area contributed by atoms with Gasteiger partial charge < -0.3 is 20.1 Å². The fourth-order valence-electron chi connectivity index (χ4n) is 3.57. The average Bonchev–Trinajstić information content (AvgIpc) is 3.24. The number of hydrogen-bond acceptors (Lipinski definition) is 4. The van der Waals surface area contributed by atoms with Crippen molar-refractivity contribution < 1.29 is 22.6 Å². The highest BCUT2D eigenvalue weighted by Gasteiger charge is 2.33. The summed E-state index contributed by atoms with van der Waals surface area (Å²) in [6.45, 7) is 8.02. The van der Waals surface area contributed by atoms with Gasteiger partial charge in [0.1, 0.15) is 18.1 Å². The van der Waals surface area contributed by atoms with E-state index in [0.717, 1.165) is 37.7 Å². The highest BCUT2D eigenvalue weighted by atomic mass is 35.5. The lowest BCUT2D eigenvalue weighted by atomic mass is 10.1. The average molecular weight is 471 g/mol. The van der Waals surface area contributed by atoms with E-state index in [1.54, 1.807) is 6.07 Å². The molecule has 2 N–H and O–H groups in total. The third-order valence-electron chi connectivity index (χ3n) is 5.22. The Morgan fingerprint density at radius 3 is 2.53 bits per heavy atom. The zero-order valence-electron chi connectivity index (χ0n) is 18.4. The molecule has 1 saturated heterocycles. The Bertz CT molecular complexity index is 884. The van der Waals surface area contributed by atoms with Crippen LogP contribution in [0.25, 0.3) is 0 Å². The van der Waals surface area contributed by atoms with Crippen molar-refractivity contribution in [1.82, 2.24) is 10.6 Å². The largest absolute Gasteiger partial charge is 0.493 e. The van der Waals surface area contributed by atoms with Crippen LogP contribution in [0.4, 0.5) is 13.2 Å². The standard InChI is InChI=1S/C24H30ClF3N2O2/c1-16(2)14-31-21-7-18(13-30-12-17-5-6-29-11-17)8-22(10-21)32-15-19-3-4-20(25)9-23(19)24(26,27)28/h3-4,7-10,16-17,29-30H,5-6,11-15H2,1-2H3. The molecule has 1 aliphatic rings. The maximum atomic E-state index is 13.4. The van der Waals surface area contributed by atoms with E-state index in [9.17, 15) is 13.2 Å². The number of hydrogen-bond donors (Lipinski definition) is 2. The van der Waals surface area contributed by atoms with E-state index in [2.05, 4.69) is 24.5 Å². The second-order valence-electron chi connectivity index (χ2n) is 8.60. The second-order valence-corrected chi connectivity index (χ2v) is 9.03. The molecular weight excluding hydrogens is 441 g/mol. The highest BCUT2D eigenvalue weighted by Crippen LogP contribution is 2.34. The minimum absolute atomic E-state index is 0.0313. The van der Waals surface area contributed by atoms with Crippen LogP contribution in [0.2, 0.25) is 5.02 Å². The van der Waals surface area contributed by atoms with Crippen LogP contribution in [-0.4, -0.2) is 26.2 Å². The predicted molar refractivity (Wildman–Crippen MR) is 120 cm³/mol. The minimum atomic E-state index is -4.50. The van der Waals surface area contributed by atoms with Crippen molar-refractivity contribution in [3.63, 3.8) is 0 Å². The van der Waals surface area contributed by atoms with Crippen LogP contribution < -0.4 is 20.1 Å². The molecule has 4 nitrogen and oxygen atoms in total. The summed E-state index contributed by atoms with van der Waals surface area (Å²) in [5.74, 6) is 2.06. The summed E-state index contributed by atoms with van der Waals surface area (Å²) < 4.78 is 51.8. The number of benzene rings is 2. The van der Waals surface area contributed by atoms with Gasteiger partial charge in [-0.1, -0.05) is 31.5 Å². The lowest BCUT2D eigenvalue weighted by Gasteiger charge is -2.16. The van der Waals surface area contributed by atoms with Crippen molar-refractivity contribution in [1.29, 1.82) is 0 Å². The summed E-state index contributed by atoms with van der Waals surface area (Å²) in [5, 5.41) is 6.84. The van der Waals surface area contributed by atoms with Crippen LogP contribution in [0.3, 0.4) is 0 Å². The summed E-state index contributed by atoms with van der Waals surface area (Å²) in [7, 11) is 0. The Morgan fingerprint density at radius 1 is 1.12 bits per heavy atom. The Balaban J connectivity index is 1.72. The molecule has 2 aromatic carbocycles. The van der Waals surface area contributed by atoms with E-state index in [0.29, 0.717) is 36.5 Å². The van der Waals surface area contributed by atoms with Crippen LogP contribution in [0.1, 0.15) is 37.0 Å². The van der Waals surface area contributed by atoms with Crippen molar-refractivity contribution in [3.8, 4) is 11.5 Å². The molecule has 0 spiro atoms. The molecule has 0 amide bonds. The topological polar surface area (TPSA) is 42.5 Å². The van der Waals surface area contributed by atoms with Gasteiger partial charge in [0.15, 0.2) is 0 Å². The van der Waals surface area contributed by atoms with Crippen LogP contribution in [0.15, 0.2) is 36.4 Å². The molecule has 1 fully saturated rings. The monoisotopic (exact) mass is 470 g/mol. The van der Waals surface area contributed by atoms with Gasteiger partial charge in [-0.15, -0.1) is 0 Å². The van der Waals surface area contributed by atoms with Crippen LogP contribution in [-0.2, 0) is 19.3 Å². The molecule has 0 saturated carbocycles. The Kier molecular flexibility index (Phi) is 8.68. The molecule has 1 heterocycles. The Hall–Kier alpha value is -1.96. The van der Waals surface area contributed by atoms with Gasteiger partial charge in [-0.3, -0.25) is 0 Å². The second kappa shape index (κ2) is 11.3. The SMILES string of the molecule is CC(C)COc1cc(CNCC2CCNC2)cc(OCc2ccc(Cl)cc2C(F)(F)F)c1. The smallest absolute Gasteiger partial charge is 0.416 e. The van der Waals surface area contributed by atoms with Gasteiger partial charge in [0, 0.05) is 23.2 Å². The van der Waals surface area contributed by atoms with Gasteiger partial charge in [0.25, 0.3) is 0 Å². The zero-order valence-corrected chi connectivity index (χ0v) is 19.2. The molecule has 8 heteroatoms. The van der Waals surface area contributed by atoms with Gasteiger partial charge in [-0.2, -0.15) is 13.2 Å². The first-order valence-corrected chi connectivity index (χ1v) is 11.2. The lowest BCUT2D eigenvalue weighted by molar-refractivity contribution is -0.138. The van der Waals surface area contributed by atoms with Crippen molar-refractivity contribution >= 4 is 11.6 Å². The normalized spacial score (nSPS) is 16.5. The lowest BCUT2D eigenvalue weighted by Crippen LogP contribution is -2.24. The van der Waals surface area contributed by atoms with Crippen molar-refractivity contribution in [2.75, 3.05) is 26.2 Å². The van der Waals surface area contributed by atoms with E-state index in [1.807, 2.05) is 12.1 Å². The van der Waals surface area contributed by atoms with E-state index >= 15 is 0 Å². The molecule has 0 aliphatic carbocycles. The summed E-state index contributed by atoms with van der Waals surface area (Å²) in [6.07, 6.45) is -3.35. The fraction of sp³-hybridized carbons (Fsp3) is 0.500. The van der Waals surface area contributed by atoms with Crippen LogP contribution in [0.5, 0.6) is 11.5 Å². The van der Waals surface area contributed by atoms with Gasteiger partial charge >= 0.3 is 6.18 Å². The number of halogens is 4. The molecule has 3 rings (SSSR count). The molecule has 32 heavy (non-hydrogen) atoms. The summed E-state index contributed by atoms with van der Waals surface area (Å²) in [4.78, 5) is 0. The predicted octanol–water partition coefficient (Wildman–Crippen LogP) is 5.67. The first-order chi connectivity index (χ1) is 15.2. The number of ether oxygens (including phenoxy) is 2. The summed E-state index contributed by atoms with van der Waals surface area (Å²) in [5.41, 5.74) is 0.201. The zero-order chi connectivity index (χ0) is 23.1. The van der Waals surface area contributed by atoms with Crippen molar-refractivity contribution in [2.24, 2.45) is 11.8 Å². The fourth-order valence-corrected chi connectivity index (χ4v) is 3.74. The van der Waals surface area contributed by atoms with Gasteiger partial charge in [-0.05, 0) is 67.7 Å². The van der Waals surface area contributed by atoms with E-state index in [-0.39, 0.29) is 17.2 Å². The highest BCUT2D eigenvalue weighted by molar-refractivity contribution is 6.30. The van der Waals surface area contributed by atoms with Gasteiger partial charge in [-0.25, -0.2) is 0 Å². The van der Waals surface area contributed by atoms with Gasteiger partial charge in [0.05, 0.1) is 12.2 Å². The molecule has 1 aliphatic heterocycles. The number of rotatable bonds is 10. The van der Waals surface area contributed by atoms with E-state index in [1.165, 1.54) is 12.1 Å². The summed E-state index contributed by atoms with van der Waals surface area (Å²) in [6, 6.07) is 9.21. The quantitative estimate of drug-likeness (QED) is 0.469. The van der Waals surface area contributed by atoms with Crippen LogP contribution in [0, 0.1) is 11.8 Å². The Labute approximate surface area is 192 Å². The minimum Gasteiger partial charge on any atom is -0.493 e. The maximum Gasteiger partial charge on any atom is 0.416 e. The number of nitrogens with one attached hydrogen (secondary N) is 2. The van der Waals surface area contributed by atoms with Crippen LogP contribution >= 0.6 is 11.6 Å². The third-order valence-corrected chi connectivity index (χ3v) is 5.45.